The van der Waals surface area contributed by atoms with E-state index in [4.69, 9.17) is 0 Å². The molecular formula is C15H10N4S. The van der Waals surface area contributed by atoms with Gasteiger partial charge in [0, 0.05) is 34.3 Å². The summed E-state index contributed by atoms with van der Waals surface area (Å²) in [6, 6.07) is 12.0. The van der Waals surface area contributed by atoms with E-state index in [1.165, 1.54) is 11.5 Å². The maximum atomic E-state index is 4.51. The fourth-order valence-electron chi connectivity index (χ4n) is 2.29. The normalized spacial score (nSPS) is 11.0. The van der Waals surface area contributed by atoms with Crippen LogP contribution in [0.25, 0.3) is 33.4 Å². The quantitative estimate of drug-likeness (QED) is 0.607. The Hall–Kier alpha value is -2.53. The smallest absolute Gasteiger partial charge is 0.103 e. The molecule has 0 aliphatic heterocycles. The predicted octanol–water partition coefficient (Wildman–Crippen LogP) is 3.75. The highest BCUT2D eigenvalue weighted by Crippen LogP contribution is 2.34. The van der Waals surface area contributed by atoms with Crippen LogP contribution in [-0.2, 0) is 0 Å². The van der Waals surface area contributed by atoms with Gasteiger partial charge in [-0.25, -0.2) is 0 Å². The minimum absolute atomic E-state index is 0.946. The van der Waals surface area contributed by atoms with Crippen LogP contribution in [0.2, 0.25) is 0 Å². The number of pyridine rings is 1. The average Bonchev–Trinajstić information content (AvgIpc) is 3.14. The van der Waals surface area contributed by atoms with Gasteiger partial charge in [-0.3, -0.25) is 10.1 Å². The zero-order valence-corrected chi connectivity index (χ0v) is 11.3. The summed E-state index contributed by atoms with van der Waals surface area (Å²) < 4.78 is 4.51. The van der Waals surface area contributed by atoms with Crippen molar-refractivity contribution < 1.29 is 0 Å². The second-order valence-electron chi connectivity index (χ2n) is 4.43. The number of benzene rings is 1. The molecule has 0 unspecified atom stereocenters. The summed E-state index contributed by atoms with van der Waals surface area (Å²) in [5.41, 5.74) is 5.05. The summed E-state index contributed by atoms with van der Waals surface area (Å²) in [4.78, 5) is 4.05. The summed E-state index contributed by atoms with van der Waals surface area (Å²) in [5, 5.41) is 10.7. The maximum absolute atomic E-state index is 4.51. The Balaban J connectivity index is 1.94. The van der Waals surface area contributed by atoms with Crippen LogP contribution in [-0.4, -0.2) is 19.6 Å². The van der Waals surface area contributed by atoms with Gasteiger partial charge in [-0.05, 0) is 29.7 Å². The van der Waals surface area contributed by atoms with Crippen LogP contribution in [0, 0.1) is 0 Å². The Bertz CT molecular complexity index is 864. The molecule has 3 heterocycles. The van der Waals surface area contributed by atoms with Crippen molar-refractivity contribution in [3.05, 3.63) is 54.2 Å². The summed E-state index contributed by atoms with van der Waals surface area (Å²) in [5.74, 6) is 0. The number of fused-ring (bicyclic) bond motifs is 1. The highest BCUT2D eigenvalue weighted by Gasteiger charge is 2.15. The largest absolute Gasteiger partial charge is 0.277 e. The Morgan fingerprint density at radius 2 is 1.80 bits per heavy atom. The number of H-pyrrole nitrogens is 1. The van der Waals surface area contributed by atoms with Gasteiger partial charge in [0.2, 0.25) is 0 Å². The van der Waals surface area contributed by atoms with Gasteiger partial charge in [0.1, 0.15) is 5.69 Å². The molecular weight excluding hydrogens is 268 g/mol. The lowest BCUT2D eigenvalue weighted by atomic mass is 10.0. The van der Waals surface area contributed by atoms with Crippen molar-refractivity contribution in [3.8, 4) is 22.5 Å². The van der Waals surface area contributed by atoms with Crippen molar-refractivity contribution >= 4 is 22.4 Å². The first kappa shape index (κ1) is 11.3. The topological polar surface area (TPSA) is 54.5 Å². The number of rotatable bonds is 2. The van der Waals surface area contributed by atoms with Crippen LogP contribution in [0.15, 0.2) is 54.2 Å². The molecule has 0 atom stereocenters. The molecule has 0 aliphatic carbocycles. The molecule has 3 aromatic heterocycles. The third-order valence-corrected chi connectivity index (χ3v) is 3.88. The van der Waals surface area contributed by atoms with E-state index < -0.39 is 0 Å². The summed E-state index contributed by atoms with van der Waals surface area (Å²) in [6.07, 6.45) is 3.56. The maximum Gasteiger partial charge on any atom is 0.103 e. The van der Waals surface area contributed by atoms with E-state index in [9.17, 15) is 0 Å². The molecule has 0 saturated carbocycles. The molecule has 0 amide bonds. The SMILES string of the molecule is c1ccc2c(-c3csnc3-c3ccncc3)n[nH]c2c1. The molecule has 1 N–H and O–H groups in total. The van der Waals surface area contributed by atoms with Crippen LogP contribution in [0.1, 0.15) is 0 Å². The molecule has 5 heteroatoms. The molecule has 0 bridgehead atoms. The van der Waals surface area contributed by atoms with Gasteiger partial charge in [0.15, 0.2) is 0 Å². The molecule has 0 radical (unpaired) electrons. The average molecular weight is 278 g/mol. The van der Waals surface area contributed by atoms with Crippen molar-refractivity contribution in [1.82, 2.24) is 19.6 Å². The van der Waals surface area contributed by atoms with Gasteiger partial charge in [0.05, 0.1) is 11.2 Å². The van der Waals surface area contributed by atoms with Crippen LogP contribution in [0.3, 0.4) is 0 Å². The van der Waals surface area contributed by atoms with Crippen molar-refractivity contribution in [1.29, 1.82) is 0 Å². The zero-order chi connectivity index (χ0) is 13.4. The molecule has 4 aromatic rings. The minimum Gasteiger partial charge on any atom is -0.277 e. The minimum atomic E-state index is 0.946. The van der Waals surface area contributed by atoms with E-state index in [1.54, 1.807) is 12.4 Å². The van der Waals surface area contributed by atoms with Gasteiger partial charge in [-0.15, -0.1) is 0 Å². The first-order valence-corrected chi connectivity index (χ1v) is 7.05. The monoisotopic (exact) mass is 278 g/mol. The molecule has 0 fully saturated rings. The standard InChI is InChI=1S/C15H10N4S/c1-2-4-13-11(3-1)15(18-17-13)12-9-20-19-14(12)10-5-7-16-8-6-10/h1-9H,(H,17,18). The first-order chi connectivity index (χ1) is 9.93. The first-order valence-electron chi connectivity index (χ1n) is 6.22. The number of hydrogen-bond acceptors (Lipinski definition) is 4. The van der Waals surface area contributed by atoms with Crippen molar-refractivity contribution in [3.63, 3.8) is 0 Å². The molecule has 4 rings (SSSR count). The predicted molar refractivity (Wildman–Crippen MR) is 80.4 cm³/mol. The number of aromatic amines is 1. The molecule has 0 aliphatic rings. The Labute approximate surface area is 119 Å². The second-order valence-corrected chi connectivity index (χ2v) is 5.06. The fourth-order valence-corrected chi connectivity index (χ4v) is 2.98. The summed E-state index contributed by atoms with van der Waals surface area (Å²) >= 11 is 1.44. The Kier molecular flexibility index (Phi) is 2.57. The van der Waals surface area contributed by atoms with E-state index in [2.05, 4.69) is 25.6 Å². The number of nitrogens with one attached hydrogen (secondary N) is 1. The Morgan fingerprint density at radius 3 is 2.70 bits per heavy atom. The van der Waals surface area contributed by atoms with Crippen LogP contribution in [0.4, 0.5) is 0 Å². The number of para-hydroxylation sites is 1. The molecule has 0 spiro atoms. The van der Waals surface area contributed by atoms with Gasteiger partial charge in [-0.2, -0.15) is 9.47 Å². The summed E-state index contributed by atoms with van der Waals surface area (Å²) in [6.45, 7) is 0. The lowest BCUT2D eigenvalue weighted by Crippen LogP contribution is -1.83. The van der Waals surface area contributed by atoms with Crippen LogP contribution < -0.4 is 0 Å². The third-order valence-electron chi connectivity index (χ3n) is 3.25. The highest BCUT2D eigenvalue weighted by atomic mass is 32.1. The number of hydrogen-bond donors (Lipinski definition) is 1. The van der Waals surface area contributed by atoms with E-state index in [0.717, 1.165) is 33.4 Å². The van der Waals surface area contributed by atoms with Crippen molar-refractivity contribution in [2.24, 2.45) is 0 Å². The third kappa shape index (κ3) is 1.71. The van der Waals surface area contributed by atoms with E-state index in [1.807, 2.05) is 35.7 Å². The van der Waals surface area contributed by atoms with Gasteiger partial charge < -0.3 is 0 Å². The number of nitrogens with zero attached hydrogens (tertiary/aromatic N) is 3. The van der Waals surface area contributed by atoms with E-state index in [0.29, 0.717) is 0 Å². The Morgan fingerprint density at radius 1 is 0.950 bits per heavy atom. The highest BCUT2D eigenvalue weighted by molar-refractivity contribution is 7.04. The molecule has 1 aromatic carbocycles. The zero-order valence-electron chi connectivity index (χ0n) is 10.4. The van der Waals surface area contributed by atoms with Crippen molar-refractivity contribution in [2.45, 2.75) is 0 Å². The molecule has 4 nitrogen and oxygen atoms in total. The fraction of sp³-hybridized carbons (Fsp3) is 0. The van der Waals surface area contributed by atoms with Crippen molar-refractivity contribution in [2.75, 3.05) is 0 Å². The lowest BCUT2D eigenvalue weighted by Gasteiger charge is -2.00. The van der Waals surface area contributed by atoms with Crippen LogP contribution >= 0.6 is 11.5 Å². The van der Waals surface area contributed by atoms with E-state index in [-0.39, 0.29) is 0 Å². The second kappa shape index (κ2) is 4.54. The number of aromatic nitrogens is 4. The van der Waals surface area contributed by atoms with Gasteiger partial charge in [-0.1, -0.05) is 18.2 Å². The molecule has 0 saturated heterocycles. The molecule has 20 heavy (non-hydrogen) atoms. The van der Waals surface area contributed by atoms with Gasteiger partial charge in [0.25, 0.3) is 0 Å². The lowest BCUT2D eigenvalue weighted by molar-refractivity contribution is 1.12. The van der Waals surface area contributed by atoms with Crippen LogP contribution in [0.5, 0.6) is 0 Å². The summed E-state index contributed by atoms with van der Waals surface area (Å²) in [7, 11) is 0. The van der Waals surface area contributed by atoms with E-state index >= 15 is 0 Å². The molecule has 96 valence electrons. The van der Waals surface area contributed by atoms with Gasteiger partial charge >= 0.3 is 0 Å².